The molecule has 0 fully saturated rings. The van der Waals surface area contributed by atoms with Crippen LogP contribution in [0.15, 0.2) is 91.3 Å². The molecule has 0 amide bonds. The topological polar surface area (TPSA) is 80.5 Å². The number of rotatable bonds is 6. The van der Waals surface area contributed by atoms with Crippen molar-refractivity contribution in [1.82, 2.24) is 20.2 Å². The summed E-state index contributed by atoms with van der Waals surface area (Å²) >= 11 is 1.73. The second kappa shape index (κ2) is 13.2. The number of aromatic nitrogens is 4. The van der Waals surface area contributed by atoms with Crippen molar-refractivity contribution >= 4 is 21.4 Å². The number of nitrogens with zero attached hydrogens (tertiary/aromatic N) is 4. The smallest absolute Gasteiger partial charge is 0.203 e. The fraction of sp³-hybridized carbons (Fsp3) is 0.100. The zero-order valence-corrected chi connectivity index (χ0v) is 24.6. The number of methoxy groups -OCH3 is 3. The molecule has 4 aromatic heterocycles. The second-order valence-electron chi connectivity index (χ2n) is 8.01. The Morgan fingerprint density at radius 3 is 1.95 bits per heavy atom. The maximum atomic E-state index is 5.37. The summed E-state index contributed by atoms with van der Waals surface area (Å²) in [7, 11) is 4.73. The Morgan fingerprint density at radius 1 is 0.718 bits per heavy atom. The number of benzene rings is 2. The first-order valence-corrected chi connectivity index (χ1v) is 12.6. The summed E-state index contributed by atoms with van der Waals surface area (Å²) < 4.78 is 17.3. The van der Waals surface area contributed by atoms with Crippen LogP contribution >= 0.6 is 11.3 Å². The van der Waals surface area contributed by atoms with E-state index in [4.69, 9.17) is 14.2 Å². The summed E-state index contributed by atoms with van der Waals surface area (Å²) in [6.07, 6.45) is 3.54. The Morgan fingerprint density at radius 2 is 1.36 bits per heavy atom. The van der Waals surface area contributed by atoms with Gasteiger partial charge >= 0.3 is 0 Å². The van der Waals surface area contributed by atoms with Gasteiger partial charge in [-0.2, -0.15) is 0 Å². The van der Waals surface area contributed by atoms with Crippen LogP contribution in [-0.4, -0.2) is 36.4 Å². The van der Waals surface area contributed by atoms with E-state index in [0.29, 0.717) is 28.6 Å². The summed E-state index contributed by atoms with van der Waals surface area (Å²) in [5.41, 5.74) is 4.03. The molecule has 0 atom stereocenters. The van der Waals surface area contributed by atoms with Gasteiger partial charge in [-0.25, -0.2) is 11.3 Å². The summed E-state index contributed by atoms with van der Waals surface area (Å²) in [4.78, 5) is 9.71. The van der Waals surface area contributed by atoms with E-state index >= 15 is 0 Å². The first-order valence-electron chi connectivity index (χ1n) is 11.7. The molecule has 6 aromatic rings. The molecule has 2 aromatic carbocycles. The second-order valence-corrected chi connectivity index (χ2v) is 9.06. The first kappa shape index (κ1) is 28.0. The van der Waals surface area contributed by atoms with E-state index in [1.54, 1.807) is 38.9 Å². The molecule has 0 aliphatic rings. The van der Waals surface area contributed by atoms with Crippen molar-refractivity contribution < 1.29 is 34.3 Å². The van der Waals surface area contributed by atoms with E-state index in [0.717, 1.165) is 21.8 Å². The van der Waals surface area contributed by atoms with E-state index in [2.05, 4.69) is 44.4 Å². The molecule has 9 heteroatoms. The van der Waals surface area contributed by atoms with Gasteiger partial charge in [0.05, 0.1) is 21.3 Å². The molecule has 39 heavy (non-hydrogen) atoms. The number of hydrogen-bond donors (Lipinski definition) is 0. The predicted octanol–water partition coefficient (Wildman–Crippen LogP) is 6.55. The Bertz CT molecular complexity index is 1580. The molecule has 0 aliphatic heterocycles. The van der Waals surface area contributed by atoms with Crippen molar-refractivity contribution in [3.8, 4) is 50.5 Å². The van der Waals surface area contributed by atoms with Crippen molar-refractivity contribution in [2.75, 3.05) is 21.3 Å². The van der Waals surface area contributed by atoms with Gasteiger partial charge in [0.1, 0.15) is 0 Å². The van der Waals surface area contributed by atoms with Crippen molar-refractivity contribution in [1.29, 1.82) is 0 Å². The molecule has 0 unspecified atom stereocenters. The number of fused-ring (bicyclic) bond motifs is 1. The summed E-state index contributed by atoms with van der Waals surface area (Å²) in [5.74, 6) is 1.69. The van der Waals surface area contributed by atoms with Gasteiger partial charge in [0, 0.05) is 55.1 Å². The van der Waals surface area contributed by atoms with Gasteiger partial charge in [-0.1, -0.05) is 36.0 Å². The third kappa shape index (κ3) is 6.34. The molecule has 1 radical (unpaired) electrons. The van der Waals surface area contributed by atoms with Crippen LogP contribution in [0.2, 0.25) is 0 Å². The third-order valence-electron chi connectivity index (χ3n) is 5.67. The molecule has 4 heterocycles. The monoisotopic (exact) mass is 713 g/mol. The van der Waals surface area contributed by atoms with E-state index in [1.807, 2.05) is 66.9 Å². The Balaban J connectivity index is 0.000000191. The van der Waals surface area contributed by atoms with E-state index < -0.39 is 0 Å². The third-order valence-corrected chi connectivity index (χ3v) is 6.76. The zero-order valence-electron chi connectivity index (χ0n) is 21.4. The minimum Gasteiger partial charge on any atom is -0.573 e. The van der Waals surface area contributed by atoms with Crippen molar-refractivity contribution in [2.45, 2.75) is 0 Å². The van der Waals surface area contributed by atoms with Gasteiger partial charge < -0.3 is 29.4 Å². The summed E-state index contributed by atoms with van der Waals surface area (Å²) in [6, 6.07) is 28.8. The molecule has 0 saturated carbocycles. The molecule has 199 valence electrons. The van der Waals surface area contributed by atoms with Gasteiger partial charge in [-0.15, -0.1) is 23.6 Å². The van der Waals surface area contributed by atoms with Crippen LogP contribution in [0.4, 0.5) is 0 Å². The van der Waals surface area contributed by atoms with Gasteiger partial charge in [0.25, 0.3) is 0 Å². The fourth-order valence-corrected chi connectivity index (χ4v) is 4.82. The van der Waals surface area contributed by atoms with Crippen LogP contribution in [0, 0.1) is 6.07 Å². The molecule has 6 rings (SSSR count). The minimum absolute atomic E-state index is 0. The molecule has 0 spiro atoms. The Hall–Kier alpha value is -4.04. The minimum atomic E-state index is 0. The number of thiophene rings is 1. The van der Waals surface area contributed by atoms with Crippen LogP contribution in [0.3, 0.4) is 0 Å². The molecular weight excluding hydrogens is 689 g/mol. The Labute approximate surface area is 244 Å². The zero-order chi connectivity index (χ0) is 26.3. The van der Waals surface area contributed by atoms with Gasteiger partial charge in [-0.05, 0) is 46.0 Å². The van der Waals surface area contributed by atoms with E-state index in [-0.39, 0.29) is 20.1 Å². The normalized spacial score (nSPS) is 10.2. The van der Waals surface area contributed by atoms with Gasteiger partial charge in [-0.3, -0.25) is 4.98 Å². The quantitative estimate of drug-likeness (QED) is 0.181. The van der Waals surface area contributed by atoms with Gasteiger partial charge in [0.2, 0.25) is 5.75 Å². The molecule has 0 N–H and O–H groups in total. The molecule has 7 nitrogen and oxygen atoms in total. The number of ether oxygens (including phenoxy) is 3. The predicted molar refractivity (Wildman–Crippen MR) is 150 cm³/mol. The average Bonchev–Trinajstić information content (AvgIpc) is 3.66. The maximum absolute atomic E-state index is 5.37. The van der Waals surface area contributed by atoms with E-state index in [1.165, 1.54) is 10.1 Å². The molecule has 0 bridgehead atoms. The van der Waals surface area contributed by atoms with Crippen LogP contribution in [0.25, 0.3) is 43.3 Å². The summed E-state index contributed by atoms with van der Waals surface area (Å²) in [5, 5.41) is 9.59. The summed E-state index contributed by atoms with van der Waals surface area (Å²) in [6.45, 7) is 0. The molecule has 0 aliphatic carbocycles. The van der Waals surface area contributed by atoms with Crippen molar-refractivity contribution in [3.05, 3.63) is 97.3 Å². The van der Waals surface area contributed by atoms with Crippen LogP contribution in [-0.2, 0) is 20.1 Å². The molecular formula is C30H24IrN4O3S-2. The maximum Gasteiger partial charge on any atom is 0.203 e. The Kier molecular flexibility index (Phi) is 9.44. The largest absolute Gasteiger partial charge is 0.573 e. The van der Waals surface area contributed by atoms with Crippen molar-refractivity contribution in [2.24, 2.45) is 0 Å². The number of pyridine rings is 2. The fourth-order valence-electron chi connectivity index (χ4n) is 3.83. The molecule has 0 saturated heterocycles. The van der Waals surface area contributed by atoms with Crippen LogP contribution < -0.4 is 19.3 Å². The standard InChI is InChI=1S/C17H16N3O3.C13H8NS.Ir/c1-21-15-8-11(9-16(22-2)17(15)23-3)13-10-14(20-19-13)12-6-4-5-7-18-12;1-2-7-12-10(5-1)9-13(15-12)11-6-3-4-8-14-11;/h4-10H,1-3H3;1-8H;/q2*-1;. The SMILES string of the molecule is COc1cc(-c2cc(-c3ccccn3)[n-]n2)cc(OC)c1OC.[Ir].[c-]1c(-c2ccccn2)sc2ccccc12. The van der Waals surface area contributed by atoms with Gasteiger partial charge in [0.15, 0.2) is 11.5 Å². The first-order chi connectivity index (χ1) is 18.7. The van der Waals surface area contributed by atoms with Crippen LogP contribution in [0.1, 0.15) is 0 Å². The van der Waals surface area contributed by atoms with Crippen LogP contribution in [0.5, 0.6) is 17.2 Å². The average molecular weight is 713 g/mol. The van der Waals surface area contributed by atoms with Crippen molar-refractivity contribution in [3.63, 3.8) is 0 Å². The number of hydrogen-bond acceptors (Lipinski definition) is 7. The van der Waals surface area contributed by atoms with E-state index in [9.17, 15) is 0 Å².